The van der Waals surface area contributed by atoms with Crippen LogP contribution in [0.4, 0.5) is 0 Å². The highest BCUT2D eigenvalue weighted by atomic mass is 16.5. The Balaban J connectivity index is 1.25. The van der Waals surface area contributed by atoms with Crippen LogP contribution in [0.1, 0.15) is 55.1 Å². The molecule has 0 bridgehead atoms. The predicted molar refractivity (Wildman–Crippen MR) is 138 cm³/mol. The number of amides is 2. The zero-order chi connectivity index (χ0) is 25.9. The van der Waals surface area contributed by atoms with Gasteiger partial charge in [-0.05, 0) is 37.0 Å². The summed E-state index contributed by atoms with van der Waals surface area (Å²) in [5.74, 6) is 0.823. The van der Waals surface area contributed by atoms with E-state index >= 15 is 0 Å². The van der Waals surface area contributed by atoms with Gasteiger partial charge in [0.05, 0.1) is 6.54 Å². The van der Waals surface area contributed by atoms with Crippen molar-refractivity contribution < 1.29 is 14.1 Å². The third kappa shape index (κ3) is 6.18. The minimum Gasteiger partial charge on any atom is -0.341 e. The molecule has 1 aliphatic rings. The van der Waals surface area contributed by atoms with Crippen LogP contribution in [0.25, 0.3) is 11.4 Å². The lowest BCUT2D eigenvalue weighted by Gasteiger charge is -2.35. The number of hydrogen-bond donors (Lipinski definition) is 1. The van der Waals surface area contributed by atoms with Crippen molar-refractivity contribution in [1.82, 2.24) is 25.3 Å². The third-order valence-electron chi connectivity index (χ3n) is 6.55. The van der Waals surface area contributed by atoms with Crippen LogP contribution in [0.2, 0.25) is 0 Å². The zero-order valence-corrected chi connectivity index (χ0v) is 21.7. The Hall–Kier alpha value is -3.52. The highest BCUT2D eigenvalue weighted by Gasteiger charge is 2.27. The van der Waals surface area contributed by atoms with Crippen LogP contribution < -0.4 is 5.32 Å². The second kappa shape index (κ2) is 10.6. The summed E-state index contributed by atoms with van der Waals surface area (Å²) in [6.07, 6.45) is 0. The summed E-state index contributed by atoms with van der Waals surface area (Å²) >= 11 is 0. The van der Waals surface area contributed by atoms with E-state index in [1.165, 1.54) is 5.56 Å². The standard InChI is InChI=1S/C28H35N5O3/c1-19-6-8-21(9-7-19)25-30-24(36-31-25)18-32-14-16-33(17-15-32)27(35)20(2)29-26(34)22-10-12-23(13-11-22)28(3,4)5/h6-13,20H,14-18H2,1-5H3,(H,29,34). The first-order chi connectivity index (χ1) is 17.1. The largest absolute Gasteiger partial charge is 0.341 e. The number of benzene rings is 2. The van der Waals surface area contributed by atoms with Crippen LogP contribution in [0.15, 0.2) is 53.1 Å². The fraction of sp³-hybridized carbons (Fsp3) is 0.429. The van der Waals surface area contributed by atoms with Gasteiger partial charge in [-0.1, -0.05) is 67.9 Å². The molecule has 1 aromatic heterocycles. The molecule has 1 aliphatic heterocycles. The molecule has 3 aromatic rings. The first-order valence-corrected chi connectivity index (χ1v) is 12.4. The molecular formula is C28H35N5O3. The molecule has 2 aromatic carbocycles. The second-order valence-corrected chi connectivity index (χ2v) is 10.5. The molecule has 190 valence electrons. The van der Waals surface area contributed by atoms with Crippen LogP contribution in [-0.4, -0.2) is 64.0 Å². The van der Waals surface area contributed by atoms with E-state index < -0.39 is 6.04 Å². The lowest BCUT2D eigenvalue weighted by atomic mass is 9.86. The van der Waals surface area contributed by atoms with E-state index in [1.54, 1.807) is 11.8 Å². The minimum atomic E-state index is -0.598. The summed E-state index contributed by atoms with van der Waals surface area (Å²) in [6, 6.07) is 15.0. The molecule has 36 heavy (non-hydrogen) atoms. The Labute approximate surface area is 212 Å². The van der Waals surface area contributed by atoms with Crippen LogP contribution >= 0.6 is 0 Å². The Morgan fingerprint density at radius 1 is 1.00 bits per heavy atom. The number of rotatable bonds is 6. The fourth-order valence-corrected chi connectivity index (χ4v) is 4.19. The molecule has 4 rings (SSSR count). The molecule has 8 nitrogen and oxygen atoms in total. The van der Waals surface area contributed by atoms with Crippen molar-refractivity contribution in [3.8, 4) is 11.4 Å². The van der Waals surface area contributed by atoms with Crippen molar-refractivity contribution in [1.29, 1.82) is 0 Å². The Bertz CT molecular complexity index is 1190. The molecule has 1 saturated heterocycles. The maximum absolute atomic E-state index is 13.0. The maximum atomic E-state index is 13.0. The number of aromatic nitrogens is 2. The average Bonchev–Trinajstić information content (AvgIpc) is 3.32. The second-order valence-electron chi connectivity index (χ2n) is 10.5. The summed E-state index contributed by atoms with van der Waals surface area (Å²) in [6.45, 7) is 13.3. The van der Waals surface area contributed by atoms with Crippen LogP contribution in [0.3, 0.4) is 0 Å². The SMILES string of the molecule is Cc1ccc(-c2noc(CN3CCN(C(=O)C(C)NC(=O)c4ccc(C(C)(C)C)cc4)CC3)n2)cc1. The van der Waals surface area contributed by atoms with Crippen LogP contribution in [0, 0.1) is 6.92 Å². The molecule has 8 heteroatoms. The third-order valence-corrected chi connectivity index (χ3v) is 6.55. The average molecular weight is 490 g/mol. The number of carbonyl (C=O) groups is 2. The van der Waals surface area contributed by atoms with Gasteiger partial charge in [0.1, 0.15) is 6.04 Å². The number of hydrogen-bond acceptors (Lipinski definition) is 6. The number of aryl methyl sites for hydroxylation is 1. The number of nitrogens with one attached hydrogen (secondary N) is 1. The smallest absolute Gasteiger partial charge is 0.251 e. The molecule has 0 spiro atoms. The van der Waals surface area contributed by atoms with E-state index in [0.29, 0.717) is 50.0 Å². The van der Waals surface area contributed by atoms with Crippen LogP contribution in [-0.2, 0) is 16.8 Å². The predicted octanol–water partition coefficient (Wildman–Crippen LogP) is 3.81. The summed E-state index contributed by atoms with van der Waals surface area (Å²) in [4.78, 5) is 34.1. The summed E-state index contributed by atoms with van der Waals surface area (Å²) in [5, 5.41) is 6.95. The summed E-state index contributed by atoms with van der Waals surface area (Å²) in [7, 11) is 0. The van der Waals surface area contributed by atoms with Crippen molar-refractivity contribution in [2.45, 2.75) is 52.6 Å². The quantitative estimate of drug-likeness (QED) is 0.566. The van der Waals surface area contributed by atoms with Crippen molar-refractivity contribution in [3.63, 3.8) is 0 Å². The van der Waals surface area contributed by atoms with Crippen molar-refractivity contribution in [3.05, 3.63) is 71.1 Å². The van der Waals surface area contributed by atoms with Gasteiger partial charge in [0.25, 0.3) is 5.91 Å². The molecule has 1 N–H and O–H groups in total. The molecule has 0 aliphatic carbocycles. The highest BCUT2D eigenvalue weighted by molar-refractivity contribution is 5.97. The normalized spacial score (nSPS) is 15.5. The van der Waals surface area contributed by atoms with Gasteiger partial charge >= 0.3 is 0 Å². The number of nitrogens with zero attached hydrogens (tertiary/aromatic N) is 4. The lowest BCUT2D eigenvalue weighted by molar-refractivity contribution is -0.134. The van der Waals surface area contributed by atoms with E-state index in [-0.39, 0.29) is 17.2 Å². The summed E-state index contributed by atoms with van der Waals surface area (Å²) in [5.41, 5.74) is 3.84. The zero-order valence-electron chi connectivity index (χ0n) is 21.7. The topological polar surface area (TPSA) is 91.6 Å². The maximum Gasteiger partial charge on any atom is 0.251 e. The Morgan fingerprint density at radius 2 is 1.64 bits per heavy atom. The Kier molecular flexibility index (Phi) is 7.54. The van der Waals surface area contributed by atoms with Gasteiger partial charge < -0.3 is 14.7 Å². The van der Waals surface area contributed by atoms with E-state index in [0.717, 1.165) is 11.1 Å². The number of carbonyl (C=O) groups excluding carboxylic acids is 2. The molecule has 1 unspecified atom stereocenters. The van der Waals surface area contributed by atoms with Gasteiger partial charge in [-0.2, -0.15) is 4.98 Å². The van der Waals surface area contributed by atoms with Gasteiger partial charge in [0, 0.05) is 37.3 Å². The molecule has 2 amide bonds. The Morgan fingerprint density at radius 3 is 2.25 bits per heavy atom. The van der Waals surface area contributed by atoms with Crippen molar-refractivity contribution in [2.75, 3.05) is 26.2 Å². The molecule has 1 atom stereocenters. The van der Waals surface area contributed by atoms with Gasteiger partial charge in [0.15, 0.2) is 0 Å². The van der Waals surface area contributed by atoms with E-state index in [9.17, 15) is 9.59 Å². The van der Waals surface area contributed by atoms with Crippen molar-refractivity contribution in [2.24, 2.45) is 0 Å². The lowest BCUT2D eigenvalue weighted by Crippen LogP contribution is -2.53. The van der Waals surface area contributed by atoms with Gasteiger partial charge in [-0.15, -0.1) is 0 Å². The monoisotopic (exact) mass is 489 g/mol. The first-order valence-electron chi connectivity index (χ1n) is 12.4. The highest BCUT2D eigenvalue weighted by Crippen LogP contribution is 2.22. The van der Waals surface area contributed by atoms with E-state index in [4.69, 9.17) is 4.52 Å². The summed E-state index contributed by atoms with van der Waals surface area (Å²) < 4.78 is 5.45. The molecule has 1 fully saturated rings. The van der Waals surface area contributed by atoms with Gasteiger partial charge in [-0.25, -0.2) is 0 Å². The van der Waals surface area contributed by atoms with Gasteiger partial charge in [0.2, 0.25) is 17.6 Å². The number of piperazine rings is 1. The molecule has 2 heterocycles. The van der Waals surface area contributed by atoms with E-state index in [2.05, 4.69) is 41.1 Å². The minimum absolute atomic E-state index is 0.0211. The first kappa shape index (κ1) is 25.6. The molecule has 0 saturated carbocycles. The van der Waals surface area contributed by atoms with Crippen LogP contribution in [0.5, 0.6) is 0 Å². The van der Waals surface area contributed by atoms with E-state index in [1.807, 2.05) is 55.5 Å². The molecule has 0 radical (unpaired) electrons. The van der Waals surface area contributed by atoms with Crippen molar-refractivity contribution >= 4 is 11.8 Å². The fourth-order valence-electron chi connectivity index (χ4n) is 4.19. The van der Waals surface area contributed by atoms with Gasteiger partial charge in [-0.3, -0.25) is 14.5 Å². The molecular weight excluding hydrogens is 454 g/mol.